The molecule has 1 radical (unpaired) electrons. The first kappa shape index (κ1) is 4.37. The topological polar surface area (TPSA) is 17.8 Å². The van der Waals surface area contributed by atoms with Crippen molar-refractivity contribution in [1.82, 2.24) is 9.78 Å². The molecule has 7 heavy (non-hydrogen) atoms. The van der Waals surface area contributed by atoms with E-state index >= 15 is 0 Å². The maximum absolute atomic E-state index is 3.97. The minimum absolute atomic E-state index is 0.947. The first-order valence-electron chi connectivity index (χ1n) is 2.17. The maximum Gasteiger partial charge on any atom is 0.0673 e. The lowest BCUT2D eigenvalue weighted by atomic mass is 10.5. The Morgan fingerprint density at radius 2 is 2.57 bits per heavy atom. The van der Waals surface area contributed by atoms with E-state index in [9.17, 15) is 0 Å². The summed E-state index contributed by atoms with van der Waals surface area (Å²) in [4.78, 5) is 0. The van der Waals surface area contributed by atoms with Gasteiger partial charge < -0.3 is 0 Å². The summed E-state index contributed by atoms with van der Waals surface area (Å²) in [5.41, 5.74) is 0.947. The molecule has 0 aliphatic rings. The molecule has 2 nitrogen and oxygen atoms in total. The predicted octanol–water partition coefficient (Wildman–Crippen LogP) is 0.529. The molecule has 0 aliphatic carbocycles. The van der Waals surface area contributed by atoms with Crippen LogP contribution in [0.3, 0.4) is 0 Å². The Bertz CT molecular complexity index is 138. The number of aromatic nitrogens is 2. The van der Waals surface area contributed by atoms with E-state index in [1.807, 2.05) is 14.0 Å². The normalized spacial score (nSPS) is 9.43. The van der Waals surface area contributed by atoms with Crippen LogP contribution in [0, 0.1) is 13.0 Å². The number of rotatable bonds is 0. The van der Waals surface area contributed by atoms with Gasteiger partial charge in [0.05, 0.1) is 5.69 Å². The third-order valence-corrected chi connectivity index (χ3v) is 0.768. The summed E-state index contributed by atoms with van der Waals surface area (Å²) in [5, 5.41) is 3.97. The molecule has 1 aromatic rings. The van der Waals surface area contributed by atoms with E-state index in [0.29, 0.717) is 0 Å². The summed E-state index contributed by atoms with van der Waals surface area (Å²) in [6.45, 7) is 1.92. The zero-order valence-electron chi connectivity index (χ0n) is 4.47. The molecule has 0 amide bonds. The van der Waals surface area contributed by atoms with Crippen LogP contribution in [0.15, 0.2) is 6.20 Å². The Labute approximate surface area is 42.8 Å². The van der Waals surface area contributed by atoms with E-state index in [0.717, 1.165) is 5.69 Å². The van der Waals surface area contributed by atoms with E-state index in [1.165, 1.54) is 0 Å². The molecule has 0 aliphatic heterocycles. The summed E-state index contributed by atoms with van der Waals surface area (Å²) >= 11 is 0. The Balaban J connectivity index is 3.04. The zero-order valence-corrected chi connectivity index (χ0v) is 4.47. The highest BCUT2D eigenvalue weighted by atomic mass is 15.2. The van der Waals surface area contributed by atoms with Gasteiger partial charge in [-0.3, -0.25) is 4.68 Å². The molecule has 0 bridgehead atoms. The minimum Gasteiger partial charge on any atom is -0.275 e. The molecular formula is C5H7N2. The SMILES string of the molecule is Cc1[c]cn(C)n1. The van der Waals surface area contributed by atoms with E-state index < -0.39 is 0 Å². The fourth-order valence-electron chi connectivity index (χ4n) is 0.481. The lowest BCUT2D eigenvalue weighted by molar-refractivity contribution is 0.756. The van der Waals surface area contributed by atoms with Crippen molar-refractivity contribution in [3.8, 4) is 0 Å². The Morgan fingerprint density at radius 3 is 2.71 bits per heavy atom. The van der Waals surface area contributed by atoms with Gasteiger partial charge in [-0.25, -0.2) is 0 Å². The summed E-state index contributed by atoms with van der Waals surface area (Å²) in [7, 11) is 1.88. The van der Waals surface area contributed by atoms with Crippen LogP contribution in [0.5, 0.6) is 0 Å². The van der Waals surface area contributed by atoms with Crippen LogP contribution >= 0.6 is 0 Å². The van der Waals surface area contributed by atoms with Gasteiger partial charge in [0.1, 0.15) is 0 Å². The van der Waals surface area contributed by atoms with Crippen molar-refractivity contribution in [2.45, 2.75) is 6.92 Å². The molecule has 0 aromatic carbocycles. The molecule has 1 rings (SSSR count). The number of hydrogen-bond acceptors (Lipinski definition) is 1. The van der Waals surface area contributed by atoms with Gasteiger partial charge in [0.25, 0.3) is 0 Å². The summed E-state index contributed by atoms with van der Waals surface area (Å²) < 4.78 is 1.73. The van der Waals surface area contributed by atoms with Crippen LogP contribution in [0.4, 0.5) is 0 Å². The van der Waals surface area contributed by atoms with Crippen molar-refractivity contribution in [2.24, 2.45) is 7.05 Å². The van der Waals surface area contributed by atoms with Crippen LogP contribution in [-0.2, 0) is 7.05 Å². The van der Waals surface area contributed by atoms with Gasteiger partial charge in [-0.15, -0.1) is 0 Å². The van der Waals surface area contributed by atoms with E-state index in [1.54, 1.807) is 10.9 Å². The fourth-order valence-corrected chi connectivity index (χ4v) is 0.481. The third-order valence-electron chi connectivity index (χ3n) is 0.768. The molecule has 0 saturated heterocycles. The highest BCUT2D eigenvalue weighted by Crippen LogP contribution is 1.85. The number of hydrogen-bond donors (Lipinski definition) is 0. The minimum atomic E-state index is 0.947. The van der Waals surface area contributed by atoms with Gasteiger partial charge in [-0.05, 0) is 6.92 Å². The highest BCUT2D eigenvalue weighted by molar-refractivity contribution is 4.90. The van der Waals surface area contributed by atoms with Crippen LogP contribution in [0.1, 0.15) is 5.69 Å². The van der Waals surface area contributed by atoms with Crippen molar-refractivity contribution in [1.29, 1.82) is 0 Å². The Hall–Kier alpha value is -0.790. The van der Waals surface area contributed by atoms with Crippen molar-refractivity contribution < 1.29 is 0 Å². The molecule has 0 spiro atoms. The van der Waals surface area contributed by atoms with Gasteiger partial charge in [-0.2, -0.15) is 5.10 Å². The standard InChI is InChI=1S/C5H7N2/c1-5-3-4-7(2)6-5/h4H,1-2H3. The first-order valence-corrected chi connectivity index (χ1v) is 2.17. The second-order valence-corrected chi connectivity index (χ2v) is 1.53. The van der Waals surface area contributed by atoms with Gasteiger partial charge in [0.15, 0.2) is 0 Å². The third kappa shape index (κ3) is 0.796. The predicted molar refractivity (Wildman–Crippen MR) is 26.8 cm³/mol. The molecule has 2 heteroatoms. The summed E-state index contributed by atoms with van der Waals surface area (Å²) in [5.74, 6) is 0. The molecule has 1 aromatic heterocycles. The monoisotopic (exact) mass is 95.1 g/mol. The number of nitrogens with zero attached hydrogens (tertiary/aromatic N) is 2. The van der Waals surface area contributed by atoms with Crippen molar-refractivity contribution in [3.05, 3.63) is 18.0 Å². The van der Waals surface area contributed by atoms with Crippen molar-refractivity contribution in [3.63, 3.8) is 0 Å². The quantitative estimate of drug-likeness (QED) is 0.459. The molecule has 0 atom stereocenters. The van der Waals surface area contributed by atoms with Crippen LogP contribution in [0.2, 0.25) is 0 Å². The van der Waals surface area contributed by atoms with Crippen LogP contribution in [0.25, 0.3) is 0 Å². The summed E-state index contributed by atoms with van der Waals surface area (Å²) in [6, 6.07) is 2.92. The molecule has 0 N–H and O–H groups in total. The largest absolute Gasteiger partial charge is 0.275 e. The van der Waals surface area contributed by atoms with E-state index in [-0.39, 0.29) is 0 Å². The fraction of sp³-hybridized carbons (Fsp3) is 0.400. The smallest absolute Gasteiger partial charge is 0.0673 e. The zero-order chi connectivity index (χ0) is 5.28. The maximum atomic E-state index is 3.97. The highest BCUT2D eigenvalue weighted by Gasteiger charge is 1.82. The van der Waals surface area contributed by atoms with E-state index in [2.05, 4.69) is 11.2 Å². The molecule has 0 unspecified atom stereocenters. The first-order chi connectivity index (χ1) is 3.29. The lowest BCUT2D eigenvalue weighted by Crippen LogP contribution is -1.86. The summed E-state index contributed by atoms with van der Waals surface area (Å²) in [6.07, 6.45) is 1.80. The average Bonchev–Trinajstić information content (AvgIpc) is 1.87. The van der Waals surface area contributed by atoms with Gasteiger partial charge in [0, 0.05) is 19.3 Å². The second kappa shape index (κ2) is 1.37. The molecule has 0 fully saturated rings. The lowest BCUT2D eigenvalue weighted by Gasteiger charge is -1.79. The van der Waals surface area contributed by atoms with Crippen LogP contribution in [-0.4, -0.2) is 9.78 Å². The number of aryl methyl sites for hydroxylation is 2. The van der Waals surface area contributed by atoms with E-state index in [4.69, 9.17) is 0 Å². The Morgan fingerprint density at radius 1 is 1.86 bits per heavy atom. The molecule has 0 saturated carbocycles. The van der Waals surface area contributed by atoms with Crippen molar-refractivity contribution >= 4 is 0 Å². The van der Waals surface area contributed by atoms with Gasteiger partial charge in [0.2, 0.25) is 0 Å². The van der Waals surface area contributed by atoms with Crippen LogP contribution < -0.4 is 0 Å². The van der Waals surface area contributed by atoms with Crippen molar-refractivity contribution in [2.75, 3.05) is 0 Å². The molecule has 1 heterocycles. The Kier molecular flexibility index (Phi) is 0.855. The molecular weight excluding hydrogens is 88.1 g/mol. The van der Waals surface area contributed by atoms with Gasteiger partial charge in [-0.1, -0.05) is 0 Å². The van der Waals surface area contributed by atoms with Gasteiger partial charge >= 0.3 is 0 Å². The average molecular weight is 95.1 g/mol. The molecule has 37 valence electrons. The second-order valence-electron chi connectivity index (χ2n) is 1.53.